The molecule has 14 heteroatoms. The minimum atomic E-state index is -1.85. The number of allylic oxidation sites excluding steroid dienone is 2. The first-order valence-corrected chi connectivity index (χ1v) is 21.0. The summed E-state index contributed by atoms with van der Waals surface area (Å²) in [6.07, 6.45) is -5.89. The Hall–Kier alpha value is -2.17. The fraction of sp³-hybridized carbons (Fsp3) is 0.884. The van der Waals surface area contributed by atoms with Gasteiger partial charge >= 0.3 is 17.9 Å². The van der Waals surface area contributed by atoms with Gasteiger partial charge in [0.15, 0.2) is 12.4 Å². The lowest BCUT2D eigenvalue weighted by Crippen LogP contribution is -2.72. The molecule has 1 saturated heterocycles. The lowest BCUT2D eigenvalue weighted by molar-refractivity contribution is -0.328. The van der Waals surface area contributed by atoms with E-state index in [1.54, 1.807) is 6.92 Å². The quantitative estimate of drug-likeness (QED) is 0.101. The maximum atomic E-state index is 13.2. The van der Waals surface area contributed by atoms with Crippen LogP contribution in [0.15, 0.2) is 11.6 Å². The van der Waals surface area contributed by atoms with E-state index < -0.39 is 101 Å². The largest absolute Gasteiger partial charge is 0.479 e. The van der Waals surface area contributed by atoms with Gasteiger partial charge in [-0.3, -0.25) is 9.59 Å². The summed E-state index contributed by atoms with van der Waals surface area (Å²) in [4.78, 5) is 37.4. The summed E-state index contributed by atoms with van der Waals surface area (Å²) in [6.45, 7) is 17.2. The predicted molar refractivity (Wildman–Crippen MR) is 204 cm³/mol. The highest BCUT2D eigenvalue weighted by atomic mass is 16.7. The molecule has 5 fully saturated rings. The maximum Gasteiger partial charge on any atom is 0.335 e. The van der Waals surface area contributed by atoms with Crippen molar-refractivity contribution in [1.29, 1.82) is 0 Å². The highest BCUT2D eigenvalue weighted by Gasteiger charge is 2.73. The first kappa shape index (κ1) is 44.4. The van der Waals surface area contributed by atoms with Gasteiger partial charge in [-0.15, -0.1) is 0 Å². The van der Waals surface area contributed by atoms with E-state index in [1.807, 2.05) is 27.7 Å². The molecule has 0 radical (unpaired) electrons. The number of aliphatic hydroxyl groups is 6. The van der Waals surface area contributed by atoms with Crippen LogP contribution in [0.4, 0.5) is 0 Å². The SMILES string of the molecule is CCC(C)C(=O)O[C@H]1[C@H](O)[C@@]2(COC(C)=O)C(CC1(C)C)C1=CCC3[C@@]4(C)CC[C@H](O[C@@H]5O[C@H](C(=O)O)[C@@H](O)[C@H](O)[C@H]5O)[C@@](C)(CO)C4CC[C@@]3(C)[C@]1(C)C[C@@H]2O. The molecule has 57 heavy (non-hydrogen) atoms. The van der Waals surface area contributed by atoms with E-state index in [9.17, 15) is 50.1 Å². The van der Waals surface area contributed by atoms with Gasteiger partial charge in [0.25, 0.3) is 0 Å². The van der Waals surface area contributed by atoms with Crippen LogP contribution in [0.25, 0.3) is 0 Å². The van der Waals surface area contributed by atoms with Crippen molar-refractivity contribution >= 4 is 17.9 Å². The van der Waals surface area contributed by atoms with Gasteiger partial charge in [0.05, 0.1) is 30.1 Å². The number of hydrogen-bond acceptors (Lipinski definition) is 13. The molecule has 14 nitrogen and oxygen atoms in total. The number of esters is 2. The van der Waals surface area contributed by atoms with E-state index in [0.29, 0.717) is 38.5 Å². The van der Waals surface area contributed by atoms with E-state index in [2.05, 4.69) is 26.8 Å². The monoisotopic (exact) mass is 808 g/mol. The normalized spacial score (nSPS) is 49.5. The molecule has 324 valence electrons. The Bertz CT molecular complexity index is 1600. The van der Waals surface area contributed by atoms with Gasteiger partial charge in [0, 0.05) is 17.8 Å². The van der Waals surface area contributed by atoms with Crippen molar-refractivity contribution in [2.75, 3.05) is 13.2 Å². The summed E-state index contributed by atoms with van der Waals surface area (Å²) < 4.78 is 23.6. The summed E-state index contributed by atoms with van der Waals surface area (Å²) in [7, 11) is 0. The van der Waals surface area contributed by atoms with Gasteiger partial charge in [-0.1, -0.05) is 67.0 Å². The molecule has 6 aliphatic rings. The third-order valence-electron chi connectivity index (χ3n) is 17.1. The van der Waals surface area contributed by atoms with Crippen molar-refractivity contribution in [3.63, 3.8) is 0 Å². The maximum absolute atomic E-state index is 13.2. The number of aliphatic hydroxyl groups excluding tert-OH is 6. The van der Waals surface area contributed by atoms with E-state index >= 15 is 0 Å². The molecule has 7 N–H and O–H groups in total. The van der Waals surface area contributed by atoms with Crippen LogP contribution in [0, 0.1) is 56.2 Å². The summed E-state index contributed by atoms with van der Waals surface area (Å²) in [5.74, 6) is -3.21. The average Bonchev–Trinajstić information content (AvgIpc) is 3.13. The van der Waals surface area contributed by atoms with Crippen molar-refractivity contribution in [2.45, 2.75) is 169 Å². The second kappa shape index (κ2) is 15.1. The Kier molecular flexibility index (Phi) is 11.7. The van der Waals surface area contributed by atoms with Crippen LogP contribution in [0.5, 0.6) is 0 Å². The molecule has 4 saturated carbocycles. The van der Waals surface area contributed by atoms with E-state index in [0.717, 1.165) is 12.0 Å². The average molecular weight is 809 g/mol. The smallest absolute Gasteiger partial charge is 0.335 e. The highest BCUT2D eigenvalue weighted by molar-refractivity contribution is 5.73. The zero-order chi connectivity index (χ0) is 42.4. The number of carbonyl (C=O) groups is 3. The van der Waals surface area contributed by atoms with Gasteiger partial charge in [-0.2, -0.15) is 0 Å². The second-order valence-electron chi connectivity index (χ2n) is 20.3. The fourth-order valence-corrected chi connectivity index (χ4v) is 13.3. The van der Waals surface area contributed by atoms with Crippen molar-refractivity contribution in [1.82, 2.24) is 0 Å². The molecule has 0 spiro atoms. The molecule has 0 amide bonds. The fourth-order valence-electron chi connectivity index (χ4n) is 13.3. The first-order valence-electron chi connectivity index (χ1n) is 21.0. The van der Waals surface area contributed by atoms with Crippen molar-refractivity contribution in [3.8, 4) is 0 Å². The Morgan fingerprint density at radius 1 is 0.930 bits per heavy atom. The molecule has 0 aromatic heterocycles. The standard InChI is InChI=1S/C43H68O14/c1-10-21(2)36(53)57-34-33(50)43(20-54-22(3)45)24(17-38(34,4)5)23-11-12-26-39(6)15-14-28(55-37-31(49)29(47)30(48)32(56-37)35(51)52)40(7,19-44)25(39)13-16-41(26,8)42(23,9)18-27(43)46/h11,21,24-34,37,44,46-50H,10,12-20H2,1-9H3,(H,51,52)/t21?,24?,25?,26?,27-,28-,29-,30-,31+,32-,33-,34-,37+,39-,40-,41+,42+,43-/m0/s1. The molecule has 0 aromatic rings. The number of carbonyl (C=O) groups excluding carboxylic acids is 2. The number of fused-ring (bicyclic) bond motifs is 7. The summed E-state index contributed by atoms with van der Waals surface area (Å²) >= 11 is 0. The highest BCUT2D eigenvalue weighted by Crippen LogP contribution is 2.76. The lowest BCUT2D eigenvalue weighted by Gasteiger charge is -2.72. The van der Waals surface area contributed by atoms with Gasteiger partial charge in [0.1, 0.15) is 37.1 Å². The molecular formula is C43H68O14. The minimum Gasteiger partial charge on any atom is -0.479 e. The Balaban J connectivity index is 1.35. The number of rotatable bonds is 9. The zero-order valence-corrected chi connectivity index (χ0v) is 35.1. The molecular weight excluding hydrogens is 740 g/mol. The summed E-state index contributed by atoms with van der Waals surface area (Å²) in [5, 5.41) is 77.3. The minimum absolute atomic E-state index is 0.0788. The van der Waals surface area contributed by atoms with Crippen LogP contribution in [-0.4, -0.2) is 122 Å². The molecule has 5 aliphatic carbocycles. The van der Waals surface area contributed by atoms with Gasteiger partial charge in [0.2, 0.25) is 0 Å². The number of hydrogen-bond donors (Lipinski definition) is 7. The number of ether oxygens (including phenoxy) is 4. The van der Waals surface area contributed by atoms with Crippen molar-refractivity contribution < 1.29 is 69.1 Å². The van der Waals surface area contributed by atoms with Crippen molar-refractivity contribution in [3.05, 3.63) is 11.6 Å². The van der Waals surface area contributed by atoms with Crippen molar-refractivity contribution in [2.24, 2.45) is 56.2 Å². The molecule has 0 bridgehead atoms. The van der Waals surface area contributed by atoms with Crippen LogP contribution in [-0.2, 0) is 33.3 Å². The van der Waals surface area contributed by atoms with E-state index in [1.165, 1.54) is 6.92 Å². The second-order valence-corrected chi connectivity index (χ2v) is 20.3. The molecule has 4 unspecified atom stereocenters. The molecule has 6 rings (SSSR count). The Morgan fingerprint density at radius 2 is 1.60 bits per heavy atom. The van der Waals surface area contributed by atoms with Crippen LogP contribution >= 0.6 is 0 Å². The molecule has 1 heterocycles. The van der Waals surface area contributed by atoms with Crippen LogP contribution < -0.4 is 0 Å². The van der Waals surface area contributed by atoms with Gasteiger partial charge in [-0.05, 0) is 85.4 Å². The number of carboxylic acid groups (broad SMARTS) is 1. The zero-order valence-electron chi connectivity index (χ0n) is 35.1. The Labute approximate surface area is 336 Å². The van der Waals surface area contributed by atoms with Crippen LogP contribution in [0.3, 0.4) is 0 Å². The molecule has 18 atom stereocenters. The van der Waals surface area contributed by atoms with Crippen LogP contribution in [0.1, 0.15) is 114 Å². The van der Waals surface area contributed by atoms with Gasteiger partial charge in [-0.25, -0.2) is 4.79 Å². The summed E-state index contributed by atoms with van der Waals surface area (Å²) in [6, 6.07) is 0. The Morgan fingerprint density at radius 3 is 2.19 bits per heavy atom. The third-order valence-corrected chi connectivity index (χ3v) is 17.1. The third kappa shape index (κ3) is 6.53. The number of aliphatic carboxylic acids is 1. The van der Waals surface area contributed by atoms with E-state index in [-0.39, 0.29) is 48.2 Å². The lowest BCUT2D eigenvalue weighted by atomic mass is 9.33. The van der Waals surface area contributed by atoms with Crippen LogP contribution in [0.2, 0.25) is 0 Å². The predicted octanol–water partition coefficient (Wildman–Crippen LogP) is 3.11. The summed E-state index contributed by atoms with van der Waals surface area (Å²) in [5.41, 5.74) is -2.98. The molecule has 1 aliphatic heterocycles. The first-order chi connectivity index (χ1) is 26.4. The number of carboxylic acids is 1. The van der Waals surface area contributed by atoms with Gasteiger partial charge < -0.3 is 54.7 Å². The topological polar surface area (TPSA) is 230 Å². The molecule has 0 aromatic carbocycles. The van der Waals surface area contributed by atoms with E-state index in [4.69, 9.17) is 18.9 Å².